The van der Waals surface area contributed by atoms with Gasteiger partial charge in [-0.05, 0) is 23.7 Å². The molecule has 1 atom stereocenters. The quantitative estimate of drug-likeness (QED) is 0.492. The molecule has 0 saturated carbocycles. The highest BCUT2D eigenvalue weighted by molar-refractivity contribution is 5.19. The van der Waals surface area contributed by atoms with E-state index >= 15 is 0 Å². The molecule has 0 nitrogen and oxygen atoms in total. The summed E-state index contributed by atoms with van der Waals surface area (Å²) in [5.41, 5.74) is 0.425. The Bertz CT molecular complexity index is 240. The van der Waals surface area contributed by atoms with Gasteiger partial charge in [-0.1, -0.05) is 84.1 Å². The molecule has 0 amide bonds. The van der Waals surface area contributed by atoms with E-state index in [1.807, 2.05) is 0 Å². The van der Waals surface area contributed by atoms with Gasteiger partial charge in [0.15, 0.2) is 0 Å². The fourth-order valence-corrected chi connectivity index (χ4v) is 2.89. The summed E-state index contributed by atoms with van der Waals surface area (Å²) in [6, 6.07) is 0. The lowest BCUT2D eigenvalue weighted by atomic mass is 9.71. The molecule has 0 aliphatic heterocycles. The lowest BCUT2D eigenvalue weighted by Gasteiger charge is -2.34. The summed E-state index contributed by atoms with van der Waals surface area (Å²) >= 11 is 0. The first-order chi connectivity index (χ1) is 8.05. The van der Waals surface area contributed by atoms with E-state index in [0.717, 1.165) is 5.92 Å². The summed E-state index contributed by atoms with van der Waals surface area (Å²) < 4.78 is 0. The third-order valence-electron chi connectivity index (χ3n) is 3.97. The van der Waals surface area contributed by atoms with Crippen molar-refractivity contribution in [3.8, 4) is 0 Å². The normalized spacial score (nSPS) is 17.9. The Labute approximate surface area is 108 Å². The van der Waals surface area contributed by atoms with Crippen LogP contribution in [0.25, 0.3) is 0 Å². The molecule has 1 aliphatic carbocycles. The van der Waals surface area contributed by atoms with Crippen LogP contribution in [0, 0.1) is 17.3 Å². The van der Waals surface area contributed by atoms with Crippen LogP contribution in [0.15, 0.2) is 24.3 Å². The Morgan fingerprint density at radius 2 is 1.53 bits per heavy atom. The zero-order valence-electron chi connectivity index (χ0n) is 12.2. The molecule has 0 spiro atoms. The van der Waals surface area contributed by atoms with Gasteiger partial charge in [-0.15, -0.1) is 0 Å². The van der Waals surface area contributed by atoms with E-state index in [4.69, 9.17) is 0 Å². The van der Waals surface area contributed by atoms with Crippen molar-refractivity contribution in [2.24, 2.45) is 17.3 Å². The average molecular weight is 234 g/mol. The maximum atomic E-state index is 2.39. The van der Waals surface area contributed by atoms with Crippen molar-refractivity contribution in [3.05, 3.63) is 24.3 Å². The molecule has 0 N–H and O–H groups in total. The number of unbranched alkanes of at least 4 members (excludes halogenated alkanes) is 4. The van der Waals surface area contributed by atoms with Gasteiger partial charge in [0.05, 0.1) is 0 Å². The third-order valence-corrected chi connectivity index (χ3v) is 3.97. The average Bonchev–Trinajstić information content (AvgIpc) is 2.74. The Morgan fingerprint density at radius 1 is 0.941 bits per heavy atom. The number of hydrogen-bond donors (Lipinski definition) is 0. The van der Waals surface area contributed by atoms with Crippen LogP contribution in [0.4, 0.5) is 0 Å². The minimum absolute atomic E-state index is 0.425. The minimum Gasteiger partial charge on any atom is -0.0773 e. The Hall–Kier alpha value is -0.520. The van der Waals surface area contributed by atoms with Crippen LogP contribution in [0.2, 0.25) is 0 Å². The molecule has 1 aliphatic rings. The summed E-state index contributed by atoms with van der Waals surface area (Å²) in [7, 11) is 0. The zero-order valence-corrected chi connectivity index (χ0v) is 12.2. The molecule has 0 fully saturated rings. The minimum atomic E-state index is 0.425. The van der Waals surface area contributed by atoms with Crippen LogP contribution in [0.3, 0.4) is 0 Å². The summed E-state index contributed by atoms with van der Waals surface area (Å²) in [6.07, 6.45) is 17.5. The Balaban J connectivity index is 2.37. The highest BCUT2D eigenvalue weighted by Crippen LogP contribution is 2.38. The van der Waals surface area contributed by atoms with Gasteiger partial charge in [0.25, 0.3) is 0 Å². The first-order valence-corrected chi connectivity index (χ1v) is 7.40. The van der Waals surface area contributed by atoms with Crippen LogP contribution < -0.4 is 0 Å². The number of hydrogen-bond acceptors (Lipinski definition) is 0. The molecule has 0 heterocycles. The molecular formula is C17H30. The van der Waals surface area contributed by atoms with Crippen molar-refractivity contribution in [2.75, 3.05) is 0 Å². The van der Waals surface area contributed by atoms with Crippen LogP contribution >= 0.6 is 0 Å². The van der Waals surface area contributed by atoms with Gasteiger partial charge in [-0.2, -0.15) is 0 Å². The van der Waals surface area contributed by atoms with Gasteiger partial charge < -0.3 is 0 Å². The second-order valence-electron chi connectivity index (χ2n) is 6.52. The molecule has 98 valence electrons. The van der Waals surface area contributed by atoms with E-state index in [-0.39, 0.29) is 0 Å². The smallest absolute Gasteiger partial charge is 0.00140 e. The molecule has 0 aromatic heterocycles. The predicted molar refractivity (Wildman–Crippen MR) is 78.1 cm³/mol. The molecule has 1 unspecified atom stereocenters. The molecule has 0 heteroatoms. The van der Waals surface area contributed by atoms with Crippen molar-refractivity contribution in [3.63, 3.8) is 0 Å². The summed E-state index contributed by atoms with van der Waals surface area (Å²) in [5.74, 6) is 1.49. The molecule has 1 rings (SSSR count). The van der Waals surface area contributed by atoms with Gasteiger partial charge in [0.1, 0.15) is 0 Å². The molecule has 0 aromatic carbocycles. The topological polar surface area (TPSA) is 0 Å². The SMILES string of the molecule is CCCCCCCC(C1C=CC=C1)C(C)(C)C. The van der Waals surface area contributed by atoms with Crippen LogP contribution in [0.5, 0.6) is 0 Å². The maximum absolute atomic E-state index is 2.39. The summed E-state index contributed by atoms with van der Waals surface area (Å²) in [4.78, 5) is 0. The van der Waals surface area contributed by atoms with E-state index in [2.05, 4.69) is 52.0 Å². The third kappa shape index (κ3) is 5.10. The highest BCUT2D eigenvalue weighted by Gasteiger charge is 2.29. The van der Waals surface area contributed by atoms with E-state index < -0.39 is 0 Å². The molecule has 0 aromatic rings. The first-order valence-electron chi connectivity index (χ1n) is 7.40. The standard InChI is InChI=1S/C17H30/c1-5-6-7-8-9-14-16(17(2,3)4)15-12-10-11-13-15/h10-13,15-16H,5-9,14H2,1-4H3. The number of rotatable bonds is 7. The van der Waals surface area contributed by atoms with Crippen LogP contribution in [0.1, 0.15) is 66.2 Å². The molecule has 0 bridgehead atoms. The zero-order chi connectivity index (χ0) is 12.7. The molecule has 0 radical (unpaired) electrons. The van der Waals surface area contributed by atoms with Crippen molar-refractivity contribution in [1.29, 1.82) is 0 Å². The van der Waals surface area contributed by atoms with E-state index in [9.17, 15) is 0 Å². The van der Waals surface area contributed by atoms with Gasteiger partial charge in [0.2, 0.25) is 0 Å². The van der Waals surface area contributed by atoms with E-state index in [1.165, 1.54) is 38.5 Å². The second kappa shape index (κ2) is 7.03. The van der Waals surface area contributed by atoms with E-state index in [0.29, 0.717) is 11.3 Å². The Kier molecular flexibility index (Phi) is 6.02. The lowest BCUT2D eigenvalue weighted by molar-refractivity contribution is 0.190. The first kappa shape index (κ1) is 14.5. The summed E-state index contributed by atoms with van der Waals surface area (Å²) in [5, 5.41) is 0. The molecule has 0 saturated heterocycles. The van der Waals surface area contributed by atoms with Crippen molar-refractivity contribution < 1.29 is 0 Å². The van der Waals surface area contributed by atoms with Gasteiger partial charge in [0, 0.05) is 0 Å². The predicted octanol–water partition coefficient (Wildman–Crippen LogP) is 5.75. The summed E-state index contributed by atoms with van der Waals surface area (Å²) in [6.45, 7) is 9.46. The van der Waals surface area contributed by atoms with Crippen molar-refractivity contribution in [2.45, 2.75) is 66.2 Å². The van der Waals surface area contributed by atoms with E-state index in [1.54, 1.807) is 0 Å². The molecular weight excluding hydrogens is 204 g/mol. The fourth-order valence-electron chi connectivity index (χ4n) is 2.89. The maximum Gasteiger partial charge on any atom is -0.00140 e. The van der Waals surface area contributed by atoms with Crippen LogP contribution in [-0.2, 0) is 0 Å². The molecule has 17 heavy (non-hydrogen) atoms. The monoisotopic (exact) mass is 234 g/mol. The highest BCUT2D eigenvalue weighted by atomic mass is 14.3. The van der Waals surface area contributed by atoms with Gasteiger partial charge in [-0.3, -0.25) is 0 Å². The van der Waals surface area contributed by atoms with Crippen molar-refractivity contribution in [1.82, 2.24) is 0 Å². The Morgan fingerprint density at radius 3 is 2.06 bits per heavy atom. The van der Waals surface area contributed by atoms with Crippen LogP contribution in [-0.4, -0.2) is 0 Å². The number of allylic oxidation sites excluding steroid dienone is 4. The van der Waals surface area contributed by atoms with Gasteiger partial charge >= 0.3 is 0 Å². The lowest BCUT2D eigenvalue weighted by Crippen LogP contribution is -2.26. The van der Waals surface area contributed by atoms with Gasteiger partial charge in [-0.25, -0.2) is 0 Å². The largest absolute Gasteiger partial charge is 0.0773 e. The second-order valence-corrected chi connectivity index (χ2v) is 6.52. The fraction of sp³-hybridized carbons (Fsp3) is 0.765. The van der Waals surface area contributed by atoms with Crippen molar-refractivity contribution >= 4 is 0 Å².